The van der Waals surface area contributed by atoms with Crippen LogP contribution in [0.4, 0.5) is 0 Å². The van der Waals surface area contributed by atoms with Crippen LogP contribution in [0.15, 0.2) is 41.5 Å². The number of nitrogens with zero attached hydrogens (tertiary/aromatic N) is 3. The number of aromatic nitrogens is 4. The molecule has 0 amide bonds. The SMILES string of the molecule is Cc1cc(=O)n2[nH]c(-c3cccnc3)cc2n1. The van der Waals surface area contributed by atoms with Crippen molar-refractivity contribution in [2.24, 2.45) is 0 Å². The van der Waals surface area contributed by atoms with E-state index < -0.39 is 0 Å². The maximum absolute atomic E-state index is 11.7. The van der Waals surface area contributed by atoms with Crippen LogP contribution in [0, 0.1) is 6.92 Å². The van der Waals surface area contributed by atoms with Crippen molar-refractivity contribution in [3.05, 3.63) is 52.7 Å². The van der Waals surface area contributed by atoms with Crippen LogP contribution in [0.5, 0.6) is 0 Å². The molecule has 0 spiro atoms. The minimum absolute atomic E-state index is 0.109. The summed E-state index contributed by atoms with van der Waals surface area (Å²) in [7, 11) is 0. The van der Waals surface area contributed by atoms with Gasteiger partial charge in [-0.15, -0.1) is 0 Å². The molecule has 5 heteroatoms. The van der Waals surface area contributed by atoms with E-state index in [1.54, 1.807) is 19.3 Å². The highest BCUT2D eigenvalue weighted by atomic mass is 16.1. The van der Waals surface area contributed by atoms with Crippen LogP contribution in [-0.2, 0) is 0 Å². The molecular weight excluding hydrogens is 216 g/mol. The smallest absolute Gasteiger partial charge is 0.272 e. The van der Waals surface area contributed by atoms with Gasteiger partial charge in [-0.25, -0.2) is 9.50 Å². The first-order valence-corrected chi connectivity index (χ1v) is 5.24. The monoisotopic (exact) mass is 226 g/mol. The number of hydrogen-bond donors (Lipinski definition) is 1. The van der Waals surface area contributed by atoms with Crippen LogP contribution in [-0.4, -0.2) is 19.6 Å². The Bertz CT molecular complexity index is 727. The average molecular weight is 226 g/mol. The first kappa shape index (κ1) is 9.77. The number of nitrogens with one attached hydrogen (secondary N) is 1. The summed E-state index contributed by atoms with van der Waals surface area (Å²) in [6.07, 6.45) is 3.45. The van der Waals surface area contributed by atoms with Crippen molar-refractivity contribution in [1.29, 1.82) is 0 Å². The second kappa shape index (κ2) is 3.55. The number of hydrogen-bond acceptors (Lipinski definition) is 3. The van der Waals surface area contributed by atoms with Crippen molar-refractivity contribution >= 4 is 5.65 Å². The molecule has 3 heterocycles. The van der Waals surface area contributed by atoms with Crippen molar-refractivity contribution in [2.45, 2.75) is 6.92 Å². The van der Waals surface area contributed by atoms with Crippen LogP contribution in [0.2, 0.25) is 0 Å². The zero-order valence-electron chi connectivity index (χ0n) is 9.21. The molecule has 1 N–H and O–H groups in total. The zero-order valence-corrected chi connectivity index (χ0v) is 9.21. The molecule has 0 aromatic carbocycles. The van der Waals surface area contributed by atoms with Crippen molar-refractivity contribution in [3.8, 4) is 11.3 Å². The van der Waals surface area contributed by atoms with Crippen molar-refractivity contribution in [1.82, 2.24) is 19.6 Å². The van der Waals surface area contributed by atoms with Crippen molar-refractivity contribution in [2.75, 3.05) is 0 Å². The van der Waals surface area contributed by atoms with Crippen LogP contribution in [0.1, 0.15) is 5.69 Å². The quantitative estimate of drug-likeness (QED) is 0.682. The third kappa shape index (κ3) is 1.61. The lowest BCUT2D eigenvalue weighted by Crippen LogP contribution is -2.14. The topological polar surface area (TPSA) is 63.0 Å². The Morgan fingerprint density at radius 2 is 2.24 bits per heavy atom. The second-order valence-electron chi connectivity index (χ2n) is 3.84. The number of aromatic amines is 1. The van der Waals surface area contributed by atoms with Gasteiger partial charge < -0.3 is 0 Å². The summed E-state index contributed by atoms with van der Waals surface area (Å²) in [4.78, 5) is 20.1. The summed E-state index contributed by atoms with van der Waals surface area (Å²) < 4.78 is 1.43. The molecule has 84 valence electrons. The van der Waals surface area contributed by atoms with Gasteiger partial charge in [0.15, 0.2) is 5.65 Å². The van der Waals surface area contributed by atoms with Gasteiger partial charge in [-0.05, 0) is 19.1 Å². The third-order valence-electron chi connectivity index (χ3n) is 2.55. The molecule has 3 aromatic rings. The molecule has 0 aliphatic rings. The lowest BCUT2D eigenvalue weighted by molar-refractivity contribution is 0.893. The molecule has 0 aliphatic carbocycles. The van der Waals surface area contributed by atoms with Gasteiger partial charge in [0.2, 0.25) is 0 Å². The minimum atomic E-state index is -0.109. The van der Waals surface area contributed by atoms with E-state index in [2.05, 4.69) is 15.1 Å². The summed E-state index contributed by atoms with van der Waals surface area (Å²) in [5.74, 6) is 0. The number of pyridine rings is 1. The molecule has 0 aliphatic heterocycles. The first-order chi connectivity index (χ1) is 8.24. The Kier molecular flexibility index (Phi) is 2.04. The average Bonchev–Trinajstić information content (AvgIpc) is 2.74. The normalized spacial score (nSPS) is 10.9. The standard InChI is InChI=1S/C12H10N4O/c1-8-5-12(17)16-11(14-8)6-10(15-16)9-3-2-4-13-7-9/h2-7,15H,1H3. The Labute approximate surface area is 96.8 Å². The zero-order chi connectivity index (χ0) is 11.8. The Morgan fingerprint density at radius 1 is 1.35 bits per heavy atom. The molecule has 3 rings (SSSR count). The van der Waals surface area contributed by atoms with Crippen LogP contribution in [0.3, 0.4) is 0 Å². The van der Waals surface area contributed by atoms with E-state index in [-0.39, 0.29) is 5.56 Å². The molecular formula is C12H10N4O. The lowest BCUT2D eigenvalue weighted by Gasteiger charge is -1.94. The summed E-state index contributed by atoms with van der Waals surface area (Å²) in [5.41, 5.74) is 2.98. The van der Waals surface area contributed by atoms with Crippen molar-refractivity contribution in [3.63, 3.8) is 0 Å². The molecule has 17 heavy (non-hydrogen) atoms. The Hall–Kier alpha value is -2.43. The van der Waals surface area contributed by atoms with Gasteiger partial charge in [-0.2, -0.15) is 0 Å². The summed E-state index contributed by atoms with van der Waals surface area (Å²) in [6.45, 7) is 1.80. The van der Waals surface area contributed by atoms with E-state index in [9.17, 15) is 4.79 Å². The fraction of sp³-hybridized carbons (Fsp3) is 0.0833. The molecule has 3 aromatic heterocycles. The molecule has 0 saturated carbocycles. The van der Waals surface area contributed by atoms with Gasteiger partial charge in [-0.3, -0.25) is 14.9 Å². The summed E-state index contributed by atoms with van der Waals surface area (Å²) in [5, 5.41) is 3.01. The lowest BCUT2D eigenvalue weighted by atomic mass is 10.2. The van der Waals surface area contributed by atoms with Crippen LogP contribution >= 0.6 is 0 Å². The fourth-order valence-corrected chi connectivity index (χ4v) is 1.78. The highest BCUT2D eigenvalue weighted by molar-refractivity contribution is 5.62. The van der Waals surface area contributed by atoms with Gasteiger partial charge in [0.05, 0.1) is 5.69 Å². The van der Waals surface area contributed by atoms with E-state index in [4.69, 9.17) is 0 Å². The van der Waals surface area contributed by atoms with E-state index in [1.807, 2.05) is 18.2 Å². The largest absolute Gasteiger partial charge is 0.289 e. The number of H-pyrrole nitrogens is 1. The van der Waals surface area contributed by atoms with Gasteiger partial charge in [0.25, 0.3) is 5.56 Å². The Balaban J connectivity index is 2.28. The minimum Gasteiger partial charge on any atom is -0.289 e. The molecule has 0 unspecified atom stereocenters. The van der Waals surface area contributed by atoms with E-state index in [0.29, 0.717) is 11.3 Å². The van der Waals surface area contributed by atoms with E-state index >= 15 is 0 Å². The number of fused-ring (bicyclic) bond motifs is 1. The van der Waals surface area contributed by atoms with E-state index in [0.717, 1.165) is 11.3 Å². The molecule has 5 nitrogen and oxygen atoms in total. The van der Waals surface area contributed by atoms with Gasteiger partial charge in [-0.1, -0.05) is 0 Å². The van der Waals surface area contributed by atoms with Crippen LogP contribution in [0.25, 0.3) is 16.9 Å². The van der Waals surface area contributed by atoms with Gasteiger partial charge in [0, 0.05) is 35.8 Å². The molecule has 0 atom stereocenters. The summed E-state index contributed by atoms with van der Waals surface area (Å²) in [6, 6.07) is 7.11. The van der Waals surface area contributed by atoms with Gasteiger partial charge >= 0.3 is 0 Å². The second-order valence-corrected chi connectivity index (χ2v) is 3.84. The van der Waals surface area contributed by atoms with E-state index in [1.165, 1.54) is 10.6 Å². The van der Waals surface area contributed by atoms with Crippen molar-refractivity contribution < 1.29 is 0 Å². The molecule has 0 radical (unpaired) electrons. The molecule has 0 saturated heterocycles. The predicted octanol–water partition coefficient (Wildman–Crippen LogP) is 1.39. The number of rotatable bonds is 1. The summed E-state index contributed by atoms with van der Waals surface area (Å²) >= 11 is 0. The number of aryl methyl sites for hydroxylation is 1. The Morgan fingerprint density at radius 3 is 3.00 bits per heavy atom. The van der Waals surface area contributed by atoms with Crippen LogP contribution < -0.4 is 5.56 Å². The highest BCUT2D eigenvalue weighted by Crippen LogP contribution is 2.16. The maximum atomic E-state index is 11.7. The van der Waals surface area contributed by atoms with Gasteiger partial charge in [0.1, 0.15) is 0 Å². The predicted molar refractivity (Wildman–Crippen MR) is 63.8 cm³/mol. The first-order valence-electron chi connectivity index (χ1n) is 5.24. The maximum Gasteiger partial charge on any atom is 0.272 e. The third-order valence-corrected chi connectivity index (χ3v) is 2.55. The fourth-order valence-electron chi connectivity index (χ4n) is 1.78. The highest BCUT2D eigenvalue weighted by Gasteiger charge is 2.05. The molecule has 0 bridgehead atoms. The molecule has 0 fully saturated rings.